The molecular formula is C14H22N2O2. The van der Waals surface area contributed by atoms with Crippen molar-refractivity contribution in [3.8, 4) is 0 Å². The van der Waals surface area contributed by atoms with Crippen LogP contribution in [0, 0.1) is 0 Å². The Morgan fingerprint density at radius 3 is 2.56 bits per heavy atom. The maximum Gasteiger partial charge on any atom is 0.234 e. The molecule has 0 saturated heterocycles. The van der Waals surface area contributed by atoms with E-state index in [0.29, 0.717) is 26.2 Å². The van der Waals surface area contributed by atoms with Crippen molar-refractivity contribution in [2.45, 2.75) is 39.5 Å². The number of hydrogen-bond acceptors (Lipinski definition) is 3. The summed E-state index contributed by atoms with van der Waals surface area (Å²) in [4.78, 5) is 11.1. The number of nitrogens with two attached hydrogens (primary N) is 1. The fourth-order valence-corrected chi connectivity index (χ4v) is 1.76. The van der Waals surface area contributed by atoms with E-state index in [1.165, 1.54) is 0 Å². The summed E-state index contributed by atoms with van der Waals surface area (Å²) >= 11 is 0. The predicted molar refractivity (Wildman–Crippen MR) is 71.9 cm³/mol. The summed E-state index contributed by atoms with van der Waals surface area (Å²) in [5.74, 6) is -0.306. The average molecular weight is 250 g/mol. The van der Waals surface area contributed by atoms with Crippen molar-refractivity contribution in [2.75, 3.05) is 6.61 Å². The lowest BCUT2D eigenvalue weighted by molar-refractivity contribution is -0.120. The first-order valence-corrected chi connectivity index (χ1v) is 6.36. The van der Waals surface area contributed by atoms with Crippen LogP contribution in [0.15, 0.2) is 24.3 Å². The van der Waals surface area contributed by atoms with Gasteiger partial charge in [-0.2, -0.15) is 0 Å². The Kier molecular flexibility index (Phi) is 6.39. The number of primary amides is 1. The zero-order valence-corrected chi connectivity index (χ0v) is 11.1. The smallest absolute Gasteiger partial charge is 0.234 e. The molecule has 0 spiro atoms. The molecule has 4 heteroatoms. The van der Waals surface area contributed by atoms with E-state index in [0.717, 1.165) is 11.1 Å². The largest absolute Gasteiger partial charge is 0.377 e. The highest BCUT2D eigenvalue weighted by Crippen LogP contribution is 2.10. The van der Waals surface area contributed by atoms with Gasteiger partial charge in [0.15, 0.2) is 0 Å². The summed E-state index contributed by atoms with van der Waals surface area (Å²) in [5.41, 5.74) is 7.59. The SMILES string of the molecule is CCOCc1ccccc1CNC(CC)C(N)=O. The van der Waals surface area contributed by atoms with E-state index in [1.54, 1.807) is 0 Å². The van der Waals surface area contributed by atoms with Crippen LogP contribution >= 0.6 is 0 Å². The molecule has 1 rings (SSSR count). The highest BCUT2D eigenvalue weighted by molar-refractivity contribution is 5.79. The first kappa shape index (κ1) is 14.7. The third kappa shape index (κ3) is 4.47. The maximum atomic E-state index is 11.1. The normalized spacial score (nSPS) is 12.3. The molecule has 0 bridgehead atoms. The molecule has 18 heavy (non-hydrogen) atoms. The van der Waals surface area contributed by atoms with Gasteiger partial charge in [0.2, 0.25) is 5.91 Å². The fraction of sp³-hybridized carbons (Fsp3) is 0.500. The van der Waals surface area contributed by atoms with Gasteiger partial charge in [-0.25, -0.2) is 0 Å². The molecule has 1 amide bonds. The molecule has 0 aromatic heterocycles. The van der Waals surface area contributed by atoms with Gasteiger partial charge in [-0.05, 0) is 24.5 Å². The van der Waals surface area contributed by atoms with Gasteiger partial charge in [0.25, 0.3) is 0 Å². The molecule has 0 aliphatic rings. The van der Waals surface area contributed by atoms with Gasteiger partial charge >= 0.3 is 0 Å². The molecule has 1 atom stereocenters. The molecule has 0 heterocycles. The summed E-state index contributed by atoms with van der Waals surface area (Å²) < 4.78 is 5.42. The molecular weight excluding hydrogens is 228 g/mol. The molecule has 1 unspecified atom stereocenters. The Hall–Kier alpha value is -1.39. The van der Waals surface area contributed by atoms with Gasteiger partial charge in [-0.15, -0.1) is 0 Å². The van der Waals surface area contributed by atoms with E-state index < -0.39 is 0 Å². The van der Waals surface area contributed by atoms with E-state index in [2.05, 4.69) is 5.32 Å². The summed E-state index contributed by atoms with van der Waals surface area (Å²) in [6, 6.07) is 7.78. The van der Waals surface area contributed by atoms with Crippen LogP contribution in [-0.2, 0) is 22.7 Å². The quantitative estimate of drug-likeness (QED) is 0.736. The molecule has 3 N–H and O–H groups in total. The molecule has 0 radical (unpaired) electrons. The van der Waals surface area contributed by atoms with Gasteiger partial charge < -0.3 is 15.8 Å². The lowest BCUT2D eigenvalue weighted by Crippen LogP contribution is -2.40. The van der Waals surface area contributed by atoms with Gasteiger partial charge in [0.1, 0.15) is 0 Å². The summed E-state index contributed by atoms with van der Waals surface area (Å²) in [6.07, 6.45) is 0.697. The Morgan fingerprint density at radius 1 is 1.33 bits per heavy atom. The van der Waals surface area contributed by atoms with Crippen molar-refractivity contribution in [1.82, 2.24) is 5.32 Å². The number of ether oxygens (including phenoxy) is 1. The number of carbonyl (C=O) groups excluding carboxylic acids is 1. The number of hydrogen-bond donors (Lipinski definition) is 2. The second-order valence-electron chi connectivity index (χ2n) is 4.15. The number of nitrogens with one attached hydrogen (secondary N) is 1. The van der Waals surface area contributed by atoms with Gasteiger partial charge in [0, 0.05) is 13.2 Å². The third-order valence-electron chi connectivity index (χ3n) is 2.87. The zero-order chi connectivity index (χ0) is 13.4. The third-order valence-corrected chi connectivity index (χ3v) is 2.87. The first-order chi connectivity index (χ1) is 8.69. The minimum Gasteiger partial charge on any atom is -0.377 e. The topological polar surface area (TPSA) is 64.3 Å². The van der Waals surface area contributed by atoms with Crippen LogP contribution in [0.3, 0.4) is 0 Å². The van der Waals surface area contributed by atoms with Crippen LogP contribution in [0.5, 0.6) is 0 Å². The molecule has 1 aromatic rings. The van der Waals surface area contributed by atoms with Crippen LogP contribution in [0.25, 0.3) is 0 Å². The van der Waals surface area contributed by atoms with E-state index >= 15 is 0 Å². The monoisotopic (exact) mass is 250 g/mol. The minimum atomic E-state index is -0.306. The number of amides is 1. The van der Waals surface area contributed by atoms with E-state index in [1.807, 2.05) is 38.1 Å². The molecule has 0 saturated carbocycles. The molecule has 1 aromatic carbocycles. The van der Waals surface area contributed by atoms with Crippen molar-refractivity contribution in [3.63, 3.8) is 0 Å². The van der Waals surface area contributed by atoms with E-state index in [9.17, 15) is 4.79 Å². The highest BCUT2D eigenvalue weighted by atomic mass is 16.5. The van der Waals surface area contributed by atoms with Crippen molar-refractivity contribution < 1.29 is 9.53 Å². The summed E-state index contributed by atoms with van der Waals surface area (Å²) in [7, 11) is 0. The fourth-order valence-electron chi connectivity index (χ4n) is 1.76. The highest BCUT2D eigenvalue weighted by Gasteiger charge is 2.12. The number of benzene rings is 1. The first-order valence-electron chi connectivity index (χ1n) is 6.36. The van der Waals surface area contributed by atoms with Crippen molar-refractivity contribution in [1.29, 1.82) is 0 Å². The Morgan fingerprint density at radius 2 is 2.00 bits per heavy atom. The molecule has 0 aliphatic heterocycles. The molecule has 4 nitrogen and oxygen atoms in total. The zero-order valence-electron chi connectivity index (χ0n) is 11.1. The van der Waals surface area contributed by atoms with Crippen LogP contribution < -0.4 is 11.1 Å². The second-order valence-corrected chi connectivity index (χ2v) is 4.15. The minimum absolute atomic E-state index is 0.273. The van der Waals surface area contributed by atoms with Gasteiger partial charge in [0.05, 0.1) is 12.6 Å². The van der Waals surface area contributed by atoms with Crippen LogP contribution in [0.2, 0.25) is 0 Å². The van der Waals surface area contributed by atoms with E-state index in [4.69, 9.17) is 10.5 Å². The van der Waals surface area contributed by atoms with Gasteiger partial charge in [-0.1, -0.05) is 31.2 Å². The lowest BCUT2D eigenvalue weighted by atomic mass is 10.1. The standard InChI is InChI=1S/C14H22N2O2/c1-3-13(14(15)17)16-9-11-7-5-6-8-12(11)10-18-4-2/h5-8,13,16H,3-4,9-10H2,1-2H3,(H2,15,17). The Labute approximate surface area is 109 Å². The maximum absolute atomic E-state index is 11.1. The average Bonchev–Trinajstić information content (AvgIpc) is 2.38. The second kappa shape index (κ2) is 7.84. The van der Waals surface area contributed by atoms with Crippen molar-refractivity contribution in [3.05, 3.63) is 35.4 Å². The Balaban J connectivity index is 2.63. The molecule has 0 aliphatic carbocycles. The van der Waals surface area contributed by atoms with Gasteiger partial charge in [-0.3, -0.25) is 4.79 Å². The number of carbonyl (C=O) groups is 1. The molecule has 100 valence electrons. The van der Waals surface area contributed by atoms with Crippen LogP contribution in [0.4, 0.5) is 0 Å². The molecule has 0 fully saturated rings. The summed E-state index contributed by atoms with van der Waals surface area (Å²) in [5, 5.41) is 3.17. The Bertz CT molecular complexity index is 380. The number of rotatable bonds is 8. The van der Waals surface area contributed by atoms with Crippen molar-refractivity contribution >= 4 is 5.91 Å². The summed E-state index contributed by atoms with van der Waals surface area (Å²) in [6.45, 7) is 5.84. The van der Waals surface area contributed by atoms with Crippen molar-refractivity contribution in [2.24, 2.45) is 5.73 Å². The lowest BCUT2D eigenvalue weighted by Gasteiger charge is -2.15. The van der Waals surface area contributed by atoms with Crippen LogP contribution in [0.1, 0.15) is 31.4 Å². The van der Waals surface area contributed by atoms with E-state index in [-0.39, 0.29) is 11.9 Å². The predicted octanol–water partition coefficient (Wildman–Crippen LogP) is 1.58. The van der Waals surface area contributed by atoms with Crippen LogP contribution in [-0.4, -0.2) is 18.6 Å².